The summed E-state index contributed by atoms with van der Waals surface area (Å²) in [6.07, 6.45) is -2.27. The van der Waals surface area contributed by atoms with E-state index in [4.69, 9.17) is 9.73 Å². The Morgan fingerprint density at radius 2 is 1.75 bits per heavy atom. The number of fused-ring (bicyclic) bond motifs is 1. The molecule has 1 aromatic heterocycles. The molecule has 0 saturated heterocycles. The fourth-order valence-corrected chi connectivity index (χ4v) is 4.17. The van der Waals surface area contributed by atoms with E-state index in [1.54, 1.807) is 6.07 Å². The molecule has 8 heteroatoms. The van der Waals surface area contributed by atoms with Crippen LogP contribution in [0.15, 0.2) is 83.9 Å². The maximum Gasteiger partial charge on any atom is 0.416 e. The van der Waals surface area contributed by atoms with Gasteiger partial charge in [-0.05, 0) is 53.9 Å². The van der Waals surface area contributed by atoms with E-state index in [0.717, 1.165) is 40.8 Å². The van der Waals surface area contributed by atoms with Gasteiger partial charge in [0.05, 0.1) is 5.56 Å². The van der Waals surface area contributed by atoms with E-state index in [0.29, 0.717) is 30.0 Å². The zero-order valence-corrected chi connectivity index (χ0v) is 19.7. The summed E-state index contributed by atoms with van der Waals surface area (Å²) < 4.78 is 45.7. The molecule has 0 aliphatic carbocycles. The molecule has 5 nitrogen and oxygen atoms in total. The van der Waals surface area contributed by atoms with Crippen LogP contribution in [0.5, 0.6) is 5.75 Å². The number of hydrogen-bond acceptors (Lipinski definition) is 4. The summed E-state index contributed by atoms with van der Waals surface area (Å²) in [7, 11) is 0. The molecule has 3 aromatic carbocycles. The molecular weight excluding hydrogens is 465 g/mol. The smallest absolute Gasteiger partial charge is 0.416 e. The number of aromatic nitrogens is 2. The number of H-pyrrole nitrogens is 1. The average Bonchev–Trinajstić information content (AvgIpc) is 3.31. The van der Waals surface area contributed by atoms with Crippen molar-refractivity contribution < 1.29 is 17.9 Å². The number of ether oxygens (including phenoxy) is 1. The Bertz CT molecular complexity index is 1450. The molecule has 0 spiro atoms. The van der Waals surface area contributed by atoms with Crippen LogP contribution < -0.4 is 15.6 Å². The van der Waals surface area contributed by atoms with E-state index in [1.165, 1.54) is 6.07 Å². The Morgan fingerprint density at radius 1 is 0.972 bits per heavy atom. The molecule has 2 heterocycles. The van der Waals surface area contributed by atoms with Gasteiger partial charge in [0.2, 0.25) is 0 Å². The lowest BCUT2D eigenvalue weighted by molar-refractivity contribution is -0.137. The third-order valence-electron chi connectivity index (χ3n) is 5.94. The van der Waals surface area contributed by atoms with Crippen molar-refractivity contribution in [3.63, 3.8) is 0 Å². The van der Waals surface area contributed by atoms with Crippen molar-refractivity contribution in [2.45, 2.75) is 32.3 Å². The van der Waals surface area contributed by atoms with E-state index in [-0.39, 0.29) is 0 Å². The highest BCUT2D eigenvalue weighted by molar-refractivity contribution is 5.56. The zero-order valence-electron chi connectivity index (χ0n) is 19.7. The maximum atomic E-state index is 13.3. The third kappa shape index (κ3) is 5.12. The van der Waals surface area contributed by atoms with Crippen molar-refractivity contribution in [3.8, 4) is 17.1 Å². The molecular formula is C28H25F3N4O. The van der Waals surface area contributed by atoms with Gasteiger partial charge in [-0.3, -0.25) is 0 Å². The molecule has 184 valence electrons. The summed E-state index contributed by atoms with van der Waals surface area (Å²) in [5.41, 5.74) is 2.21. The van der Waals surface area contributed by atoms with Crippen LogP contribution in [0.4, 0.5) is 13.2 Å². The molecule has 4 aromatic rings. The second kappa shape index (κ2) is 9.89. The highest BCUT2D eigenvalue weighted by Gasteiger charge is 2.31. The van der Waals surface area contributed by atoms with Crippen LogP contribution in [0.1, 0.15) is 36.2 Å². The van der Waals surface area contributed by atoms with Crippen molar-refractivity contribution in [2.75, 3.05) is 6.54 Å². The lowest BCUT2D eigenvalue weighted by atomic mass is 10.1. The van der Waals surface area contributed by atoms with E-state index < -0.39 is 17.9 Å². The summed E-state index contributed by atoms with van der Waals surface area (Å²) >= 11 is 0. The molecule has 0 saturated carbocycles. The van der Waals surface area contributed by atoms with Gasteiger partial charge in [-0.25, -0.2) is 9.98 Å². The predicted octanol–water partition coefficient (Wildman–Crippen LogP) is 5.46. The lowest BCUT2D eigenvalue weighted by Gasteiger charge is -2.29. The molecule has 0 fully saturated rings. The van der Waals surface area contributed by atoms with Gasteiger partial charge in [0.15, 0.2) is 5.49 Å². The molecule has 36 heavy (non-hydrogen) atoms. The first kappa shape index (κ1) is 23.7. The maximum absolute atomic E-state index is 13.3. The number of imidazole rings is 1. The SMILES string of the molecule is CCCN1C=c2[nH]c(-c3ccc(OCc4ccccc4)cc3)nc2=NC1c1cccc(C(F)(F)F)c1. The van der Waals surface area contributed by atoms with Crippen LogP contribution in [0.2, 0.25) is 0 Å². The fourth-order valence-electron chi connectivity index (χ4n) is 4.17. The van der Waals surface area contributed by atoms with Crippen molar-refractivity contribution in [1.82, 2.24) is 14.9 Å². The highest BCUT2D eigenvalue weighted by atomic mass is 19.4. The molecule has 0 amide bonds. The van der Waals surface area contributed by atoms with Crippen LogP contribution in [0, 0.1) is 0 Å². The molecule has 1 N–H and O–H groups in total. The van der Waals surface area contributed by atoms with Crippen LogP contribution in [0.3, 0.4) is 0 Å². The number of hydrogen-bond donors (Lipinski definition) is 1. The number of rotatable bonds is 7. The van der Waals surface area contributed by atoms with Gasteiger partial charge in [0, 0.05) is 18.3 Å². The van der Waals surface area contributed by atoms with Crippen LogP contribution in [-0.2, 0) is 12.8 Å². The van der Waals surface area contributed by atoms with Crippen molar-refractivity contribution in [2.24, 2.45) is 4.99 Å². The van der Waals surface area contributed by atoms with Gasteiger partial charge < -0.3 is 14.6 Å². The predicted molar refractivity (Wildman–Crippen MR) is 131 cm³/mol. The van der Waals surface area contributed by atoms with Gasteiger partial charge in [0.1, 0.15) is 29.7 Å². The first-order valence-electron chi connectivity index (χ1n) is 11.8. The van der Waals surface area contributed by atoms with Gasteiger partial charge >= 0.3 is 6.18 Å². The summed E-state index contributed by atoms with van der Waals surface area (Å²) in [4.78, 5) is 14.6. The number of alkyl halides is 3. The largest absolute Gasteiger partial charge is 0.489 e. The van der Waals surface area contributed by atoms with Gasteiger partial charge in [-0.1, -0.05) is 49.4 Å². The molecule has 1 atom stereocenters. The minimum Gasteiger partial charge on any atom is -0.489 e. The average molecular weight is 491 g/mol. The van der Waals surface area contributed by atoms with Crippen molar-refractivity contribution in [3.05, 3.63) is 106 Å². The fraction of sp³-hybridized carbons (Fsp3) is 0.214. The molecule has 0 radical (unpaired) electrons. The summed E-state index contributed by atoms with van der Waals surface area (Å²) in [6.45, 7) is 3.14. The number of nitrogens with zero attached hydrogens (tertiary/aromatic N) is 3. The van der Waals surface area contributed by atoms with Gasteiger partial charge in [-0.2, -0.15) is 13.2 Å². The Kier molecular flexibility index (Phi) is 6.50. The second-order valence-electron chi connectivity index (χ2n) is 8.61. The molecule has 5 rings (SSSR count). The molecule has 1 aliphatic rings. The lowest BCUT2D eigenvalue weighted by Crippen LogP contribution is -2.38. The van der Waals surface area contributed by atoms with Crippen LogP contribution >= 0.6 is 0 Å². The zero-order chi connectivity index (χ0) is 25.1. The van der Waals surface area contributed by atoms with Gasteiger partial charge in [-0.15, -0.1) is 0 Å². The Labute approximate surface area is 206 Å². The first-order valence-corrected chi connectivity index (χ1v) is 11.8. The van der Waals surface area contributed by atoms with E-state index in [1.807, 2.05) is 72.6 Å². The molecule has 0 bridgehead atoms. The highest BCUT2D eigenvalue weighted by Crippen LogP contribution is 2.32. The van der Waals surface area contributed by atoms with E-state index in [2.05, 4.69) is 9.97 Å². The Hall–Kier alpha value is -4.07. The molecule has 1 aliphatic heterocycles. The van der Waals surface area contributed by atoms with Crippen molar-refractivity contribution in [1.29, 1.82) is 0 Å². The quantitative estimate of drug-likeness (QED) is 0.375. The minimum atomic E-state index is -4.41. The Morgan fingerprint density at radius 3 is 2.47 bits per heavy atom. The topological polar surface area (TPSA) is 53.5 Å². The summed E-state index contributed by atoms with van der Waals surface area (Å²) in [5, 5.41) is 0.728. The van der Waals surface area contributed by atoms with Gasteiger partial charge in [0.25, 0.3) is 0 Å². The van der Waals surface area contributed by atoms with E-state index in [9.17, 15) is 13.2 Å². The van der Waals surface area contributed by atoms with Crippen molar-refractivity contribution >= 4 is 6.20 Å². The number of aromatic amines is 1. The standard InChI is InChI=1S/C28H25F3N4O/c1-2-15-35-17-24-26(34-27(35)21-9-6-10-22(16-21)28(29,30)31)33-25(32-24)20-11-13-23(14-12-20)36-18-19-7-4-3-5-8-19/h3-14,16-17,27H,2,15,18H2,1H3,(H,32,33,34). The van der Waals surface area contributed by atoms with Crippen LogP contribution in [0.25, 0.3) is 17.6 Å². The van der Waals surface area contributed by atoms with E-state index >= 15 is 0 Å². The monoisotopic (exact) mass is 490 g/mol. The minimum absolute atomic E-state index is 0.476. The number of benzene rings is 3. The molecule has 1 unspecified atom stereocenters. The second-order valence-corrected chi connectivity index (χ2v) is 8.61. The van der Waals surface area contributed by atoms with Crippen LogP contribution in [-0.4, -0.2) is 21.4 Å². The normalized spacial score (nSPS) is 15.1. The summed E-state index contributed by atoms with van der Waals surface area (Å²) in [5.74, 6) is 1.38. The first-order chi connectivity index (χ1) is 17.4. The number of nitrogens with one attached hydrogen (secondary N) is 1. The summed E-state index contributed by atoms with van der Waals surface area (Å²) in [6, 6.07) is 22.9. The number of halogens is 3. The Balaban J connectivity index is 1.41. The third-order valence-corrected chi connectivity index (χ3v) is 5.94.